The molecule has 0 bridgehead atoms. The molecular formula is C39H40N4O5. The Hall–Kier alpha value is -5.83. The molecule has 246 valence electrons. The lowest BCUT2D eigenvalue weighted by molar-refractivity contribution is -0.123. The van der Waals surface area contributed by atoms with Crippen molar-refractivity contribution in [1.29, 1.82) is 0 Å². The molecule has 4 aromatic carbocycles. The van der Waals surface area contributed by atoms with Crippen LogP contribution in [-0.2, 0) is 9.59 Å². The number of allylic oxidation sites excluding steroid dienone is 1. The zero-order chi connectivity index (χ0) is 35.1. The molecule has 0 spiro atoms. The van der Waals surface area contributed by atoms with Crippen LogP contribution in [0.4, 0.5) is 22.7 Å². The van der Waals surface area contributed by atoms with Crippen molar-refractivity contribution in [2.45, 2.75) is 41.5 Å². The van der Waals surface area contributed by atoms with Crippen LogP contribution in [0.2, 0.25) is 0 Å². The van der Waals surface area contributed by atoms with E-state index in [2.05, 4.69) is 21.3 Å². The van der Waals surface area contributed by atoms with Crippen molar-refractivity contribution in [3.8, 4) is 0 Å². The molecule has 0 unspecified atom stereocenters. The van der Waals surface area contributed by atoms with Crippen molar-refractivity contribution >= 4 is 58.2 Å². The van der Waals surface area contributed by atoms with Gasteiger partial charge in [-0.25, -0.2) is 0 Å². The van der Waals surface area contributed by atoms with Gasteiger partial charge in [0.15, 0.2) is 5.78 Å². The van der Waals surface area contributed by atoms with Crippen LogP contribution in [0, 0.1) is 10.8 Å². The van der Waals surface area contributed by atoms with Gasteiger partial charge in [0.05, 0.1) is 0 Å². The van der Waals surface area contributed by atoms with Crippen LogP contribution < -0.4 is 21.3 Å². The highest BCUT2D eigenvalue weighted by Gasteiger charge is 2.22. The minimum Gasteiger partial charge on any atom is -0.326 e. The number of benzene rings is 4. The lowest BCUT2D eigenvalue weighted by Gasteiger charge is -2.17. The van der Waals surface area contributed by atoms with Gasteiger partial charge in [0.2, 0.25) is 11.8 Å². The lowest BCUT2D eigenvalue weighted by atomic mass is 9.95. The molecule has 4 amide bonds. The van der Waals surface area contributed by atoms with Crippen LogP contribution in [0.3, 0.4) is 0 Å². The molecule has 0 aliphatic rings. The number of amides is 4. The van der Waals surface area contributed by atoms with E-state index < -0.39 is 10.8 Å². The standard InChI is InChI=1S/C39H40N4O5/c1-38(2,3)36(47)42-29-18-14-26(15-19-29)34(45)40-31-11-7-9-25(23-31)13-22-33(44)28-10-8-12-32(24-28)41-35(46)27-16-20-30(21-17-27)43-37(48)39(4,5)6/h7-24H,1-6H3,(H,40,45)(H,41,46)(H,42,47)(H,43,48)/b22-13+. The SMILES string of the molecule is CC(C)(C)C(=O)Nc1ccc(C(=O)Nc2cccc(/C=C/C(=O)c3cccc(NC(=O)c4ccc(NC(=O)C(C)(C)C)cc4)c3)c2)cc1. The van der Waals surface area contributed by atoms with Gasteiger partial charge < -0.3 is 21.3 Å². The minimum absolute atomic E-state index is 0.120. The van der Waals surface area contributed by atoms with Crippen LogP contribution in [0.25, 0.3) is 6.08 Å². The Bertz CT molecular complexity index is 1860. The number of carbonyl (C=O) groups is 5. The Morgan fingerprint density at radius 3 is 1.38 bits per heavy atom. The van der Waals surface area contributed by atoms with E-state index in [0.29, 0.717) is 45.0 Å². The number of nitrogens with one attached hydrogen (secondary N) is 4. The predicted octanol–water partition coefficient (Wildman–Crippen LogP) is 8.06. The predicted molar refractivity (Wildman–Crippen MR) is 191 cm³/mol. The molecule has 0 radical (unpaired) electrons. The van der Waals surface area contributed by atoms with Crippen molar-refractivity contribution in [1.82, 2.24) is 0 Å². The Balaban J connectivity index is 1.34. The van der Waals surface area contributed by atoms with Crippen LogP contribution in [0.1, 0.15) is 78.2 Å². The van der Waals surface area contributed by atoms with Gasteiger partial charge in [-0.1, -0.05) is 71.9 Å². The van der Waals surface area contributed by atoms with E-state index in [1.807, 2.05) is 47.6 Å². The number of anilines is 4. The lowest BCUT2D eigenvalue weighted by Crippen LogP contribution is -2.27. The maximum Gasteiger partial charge on any atom is 0.255 e. The fourth-order valence-electron chi connectivity index (χ4n) is 4.19. The van der Waals surface area contributed by atoms with Gasteiger partial charge in [0.25, 0.3) is 11.8 Å². The van der Waals surface area contributed by atoms with Gasteiger partial charge in [0, 0.05) is 50.3 Å². The monoisotopic (exact) mass is 644 g/mol. The van der Waals surface area contributed by atoms with Gasteiger partial charge >= 0.3 is 0 Å². The highest BCUT2D eigenvalue weighted by molar-refractivity contribution is 6.09. The normalized spacial score (nSPS) is 11.5. The third-order valence-electron chi connectivity index (χ3n) is 7.15. The number of ketones is 1. The van der Waals surface area contributed by atoms with E-state index in [0.717, 1.165) is 0 Å². The first-order valence-electron chi connectivity index (χ1n) is 15.5. The zero-order valence-electron chi connectivity index (χ0n) is 27.9. The fraction of sp³-hybridized carbons (Fsp3) is 0.205. The maximum atomic E-state index is 13.0. The summed E-state index contributed by atoms with van der Waals surface area (Å²) >= 11 is 0. The van der Waals surface area contributed by atoms with E-state index in [-0.39, 0.29) is 29.4 Å². The summed E-state index contributed by atoms with van der Waals surface area (Å²) in [5.74, 6) is -1.19. The summed E-state index contributed by atoms with van der Waals surface area (Å²) in [7, 11) is 0. The summed E-state index contributed by atoms with van der Waals surface area (Å²) in [5, 5.41) is 11.3. The van der Waals surface area contributed by atoms with Crippen LogP contribution in [-0.4, -0.2) is 29.4 Å². The van der Waals surface area contributed by atoms with Crippen LogP contribution >= 0.6 is 0 Å². The molecule has 0 heterocycles. The zero-order valence-corrected chi connectivity index (χ0v) is 27.9. The summed E-state index contributed by atoms with van der Waals surface area (Å²) in [6.45, 7) is 10.9. The van der Waals surface area contributed by atoms with Crippen LogP contribution in [0.5, 0.6) is 0 Å². The van der Waals surface area contributed by atoms with Crippen LogP contribution in [0.15, 0.2) is 103 Å². The largest absolute Gasteiger partial charge is 0.326 e. The number of hydrogen-bond donors (Lipinski definition) is 4. The van der Waals surface area contributed by atoms with E-state index in [4.69, 9.17) is 0 Å². The molecule has 4 rings (SSSR count). The molecule has 0 saturated carbocycles. The first-order chi connectivity index (χ1) is 22.6. The average Bonchev–Trinajstić information content (AvgIpc) is 3.03. The molecule has 4 aromatic rings. The first kappa shape index (κ1) is 35.0. The van der Waals surface area contributed by atoms with Gasteiger partial charge in [-0.2, -0.15) is 0 Å². The van der Waals surface area contributed by atoms with Gasteiger partial charge in [-0.3, -0.25) is 24.0 Å². The summed E-state index contributed by atoms with van der Waals surface area (Å²) in [6, 6.07) is 26.9. The molecule has 0 atom stereocenters. The summed E-state index contributed by atoms with van der Waals surface area (Å²) in [4.78, 5) is 63.1. The quantitative estimate of drug-likeness (QED) is 0.108. The van der Waals surface area contributed by atoms with Crippen molar-refractivity contribution in [2.75, 3.05) is 21.3 Å². The first-order valence-corrected chi connectivity index (χ1v) is 15.5. The Kier molecular flexibility index (Phi) is 10.7. The summed E-state index contributed by atoms with van der Waals surface area (Å²) in [5.41, 5.74) is 3.03. The molecule has 0 saturated heterocycles. The fourth-order valence-corrected chi connectivity index (χ4v) is 4.19. The maximum absolute atomic E-state index is 13.0. The molecule has 0 aromatic heterocycles. The van der Waals surface area contributed by atoms with E-state index in [1.54, 1.807) is 97.1 Å². The summed E-state index contributed by atoms with van der Waals surface area (Å²) < 4.78 is 0. The average molecular weight is 645 g/mol. The van der Waals surface area contributed by atoms with Crippen molar-refractivity contribution in [2.24, 2.45) is 10.8 Å². The second kappa shape index (κ2) is 14.7. The second-order valence-corrected chi connectivity index (χ2v) is 13.4. The second-order valence-electron chi connectivity index (χ2n) is 13.4. The number of carbonyl (C=O) groups excluding carboxylic acids is 5. The topological polar surface area (TPSA) is 133 Å². The highest BCUT2D eigenvalue weighted by Crippen LogP contribution is 2.21. The molecular weight excluding hydrogens is 604 g/mol. The van der Waals surface area contributed by atoms with Gasteiger partial charge in [-0.15, -0.1) is 0 Å². The molecule has 0 aliphatic carbocycles. The Morgan fingerprint density at radius 1 is 0.479 bits per heavy atom. The minimum atomic E-state index is -0.543. The van der Waals surface area contributed by atoms with E-state index in [1.165, 1.54) is 6.08 Å². The number of hydrogen-bond acceptors (Lipinski definition) is 5. The van der Waals surface area contributed by atoms with Crippen molar-refractivity contribution < 1.29 is 24.0 Å². The van der Waals surface area contributed by atoms with Crippen molar-refractivity contribution in [3.63, 3.8) is 0 Å². The van der Waals surface area contributed by atoms with Crippen molar-refractivity contribution in [3.05, 3.63) is 125 Å². The smallest absolute Gasteiger partial charge is 0.255 e. The highest BCUT2D eigenvalue weighted by atomic mass is 16.2. The third-order valence-corrected chi connectivity index (χ3v) is 7.15. The summed E-state index contributed by atoms with van der Waals surface area (Å²) in [6.07, 6.45) is 3.08. The molecule has 4 N–H and O–H groups in total. The molecule has 9 nitrogen and oxygen atoms in total. The third kappa shape index (κ3) is 9.83. The van der Waals surface area contributed by atoms with E-state index in [9.17, 15) is 24.0 Å². The molecule has 0 fully saturated rings. The molecule has 48 heavy (non-hydrogen) atoms. The Morgan fingerprint density at radius 2 is 0.917 bits per heavy atom. The van der Waals surface area contributed by atoms with Gasteiger partial charge in [-0.05, 0) is 84.4 Å². The molecule has 9 heteroatoms. The van der Waals surface area contributed by atoms with Gasteiger partial charge in [0.1, 0.15) is 0 Å². The number of rotatable bonds is 9. The molecule has 0 aliphatic heterocycles. The van der Waals surface area contributed by atoms with E-state index >= 15 is 0 Å². The Labute approximate surface area is 280 Å².